The molecule has 1 aliphatic rings. The molecule has 0 amide bonds. The third kappa shape index (κ3) is 2.83. The second kappa shape index (κ2) is 5.46. The van der Waals surface area contributed by atoms with Crippen molar-refractivity contribution in [2.45, 2.75) is 31.6 Å². The minimum atomic E-state index is 0.477. The topological polar surface area (TPSA) is 55.3 Å². The summed E-state index contributed by atoms with van der Waals surface area (Å²) in [5.41, 5.74) is 6.53. The van der Waals surface area contributed by atoms with Crippen LogP contribution in [0.25, 0.3) is 0 Å². The summed E-state index contributed by atoms with van der Waals surface area (Å²) in [6.07, 6.45) is 6.14. The maximum atomic E-state index is 5.57. The van der Waals surface area contributed by atoms with Gasteiger partial charge in [0.25, 0.3) is 0 Å². The minimum Gasteiger partial charge on any atom is -0.448 e. The molecule has 2 rings (SSSR count). The van der Waals surface area contributed by atoms with Gasteiger partial charge >= 0.3 is 0 Å². The number of hydrogen-bond donors (Lipinski definition) is 1. The number of nitrogens with zero attached hydrogens (tertiary/aromatic N) is 2. The Balaban J connectivity index is 1.95. The van der Waals surface area contributed by atoms with Crippen LogP contribution >= 0.6 is 0 Å². The summed E-state index contributed by atoms with van der Waals surface area (Å²) in [7, 11) is 2.16. The van der Waals surface area contributed by atoms with Crippen LogP contribution in [0.15, 0.2) is 10.7 Å². The highest BCUT2D eigenvalue weighted by molar-refractivity contribution is 5.02. The lowest BCUT2D eigenvalue weighted by Crippen LogP contribution is -2.30. The maximum absolute atomic E-state index is 5.57. The number of rotatable bonds is 4. The molecular weight excluding hydrogens is 202 g/mol. The number of piperidine rings is 1. The van der Waals surface area contributed by atoms with Crippen LogP contribution in [0.1, 0.15) is 36.8 Å². The number of hydrogen-bond acceptors (Lipinski definition) is 4. The molecule has 90 valence electrons. The number of likely N-dealkylation sites (tertiary alicyclic amines) is 1. The second-order valence-electron chi connectivity index (χ2n) is 4.67. The molecule has 1 unspecified atom stereocenters. The van der Waals surface area contributed by atoms with Gasteiger partial charge in [-0.15, -0.1) is 0 Å². The van der Waals surface area contributed by atoms with E-state index in [2.05, 4.69) is 16.9 Å². The maximum Gasteiger partial charge on any atom is 0.198 e. The second-order valence-corrected chi connectivity index (χ2v) is 4.67. The molecule has 0 spiro atoms. The molecule has 1 saturated heterocycles. The van der Waals surface area contributed by atoms with Gasteiger partial charge in [0.15, 0.2) is 5.89 Å². The summed E-state index contributed by atoms with van der Waals surface area (Å²) in [6.45, 7) is 2.97. The number of likely N-dealkylation sites (N-methyl/N-ethyl adjacent to an activating group) is 1. The molecule has 0 aliphatic carbocycles. The van der Waals surface area contributed by atoms with E-state index in [1.807, 2.05) is 0 Å². The fourth-order valence-electron chi connectivity index (χ4n) is 2.28. The zero-order valence-electron chi connectivity index (χ0n) is 9.98. The van der Waals surface area contributed by atoms with Crippen molar-refractivity contribution in [3.63, 3.8) is 0 Å². The van der Waals surface area contributed by atoms with Crippen molar-refractivity contribution in [1.29, 1.82) is 0 Å². The van der Waals surface area contributed by atoms with Crippen LogP contribution in [-0.4, -0.2) is 36.6 Å². The van der Waals surface area contributed by atoms with E-state index in [1.165, 1.54) is 19.4 Å². The predicted octanol–water partition coefficient (Wildman–Crippen LogP) is 1.38. The standard InChI is InChI=1S/C12H21N3O/c1-15-7-3-4-10(8-15)12-14-11(9-16-12)5-2-6-13/h9-10H,2-8,13H2,1H3. The van der Waals surface area contributed by atoms with E-state index in [0.717, 1.165) is 31.0 Å². The Morgan fingerprint density at radius 2 is 2.50 bits per heavy atom. The highest BCUT2D eigenvalue weighted by atomic mass is 16.3. The first-order chi connectivity index (χ1) is 7.79. The Morgan fingerprint density at radius 3 is 3.25 bits per heavy atom. The molecule has 1 fully saturated rings. The van der Waals surface area contributed by atoms with Gasteiger partial charge in [-0.25, -0.2) is 4.98 Å². The number of aryl methyl sites for hydroxylation is 1. The Morgan fingerprint density at radius 1 is 1.62 bits per heavy atom. The average molecular weight is 223 g/mol. The summed E-state index contributed by atoms with van der Waals surface area (Å²) in [5, 5.41) is 0. The normalized spacial score (nSPS) is 22.5. The Kier molecular flexibility index (Phi) is 3.96. The van der Waals surface area contributed by atoms with Crippen molar-refractivity contribution < 1.29 is 4.42 Å². The quantitative estimate of drug-likeness (QED) is 0.837. The predicted molar refractivity (Wildman–Crippen MR) is 63.4 cm³/mol. The summed E-state index contributed by atoms with van der Waals surface area (Å²) >= 11 is 0. The summed E-state index contributed by atoms with van der Waals surface area (Å²) in [4.78, 5) is 6.90. The van der Waals surface area contributed by atoms with Crippen molar-refractivity contribution >= 4 is 0 Å². The Labute approximate surface area is 96.8 Å². The number of aromatic nitrogens is 1. The smallest absolute Gasteiger partial charge is 0.198 e. The van der Waals surface area contributed by atoms with E-state index in [0.29, 0.717) is 12.5 Å². The van der Waals surface area contributed by atoms with E-state index in [1.54, 1.807) is 6.26 Å². The minimum absolute atomic E-state index is 0.477. The molecule has 2 heterocycles. The van der Waals surface area contributed by atoms with Crippen molar-refractivity contribution in [3.8, 4) is 0 Å². The third-order valence-electron chi connectivity index (χ3n) is 3.18. The third-order valence-corrected chi connectivity index (χ3v) is 3.18. The number of nitrogens with two attached hydrogens (primary N) is 1. The highest BCUT2D eigenvalue weighted by Crippen LogP contribution is 2.25. The first-order valence-corrected chi connectivity index (χ1v) is 6.12. The van der Waals surface area contributed by atoms with Gasteiger partial charge in [0.2, 0.25) is 0 Å². The van der Waals surface area contributed by atoms with Gasteiger partial charge < -0.3 is 15.1 Å². The molecule has 16 heavy (non-hydrogen) atoms. The van der Waals surface area contributed by atoms with E-state index >= 15 is 0 Å². The summed E-state index contributed by atoms with van der Waals surface area (Å²) in [5.74, 6) is 1.39. The molecule has 1 atom stereocenters. The van der Waals surface area contributed by atoms with Crippen LogP contribution in [0.5, 0.6) is 0 Å². The SMILES string of the molecule is CN1CCCC(c2nc(CCCN)co2)C1. The van der Waals surface area contributed by atoms with E-state index in [9.17, 15) is 0 Å². The van der Waals surface area contributed by atoms with Gasteiger partial charge in [-0.1, -0.05) is 0 Å². The molecule has 4 heteroatoms. The lowest BCUT2D eigenvalue weighted by molar-refractivity contribution is 0.230. The summed E-state index contributed by atoms with van der Waals surface area (Å²) < 4.78 is 5.57. The molecule has 0 radical (unpaired) electrons. The van der Waals surface area contributed by atoms with Crippen molar-refractivity contribution in [2.24, 2.45) is 5.73 Å². The van der Waals surface area contributed by atoms with Crippen molar-refractivity contribution in [2.75, 3.05) is 26.7 Å². The highest BCUT2D eigenvalue weighted by Gasteiger charge is 2.22. The van der Waals surface area contributed by atoms with Gasteiger partial charge in [0, 0.05) is 12.5 Å². The molecular formula is C12H21N3O. The Bertz CT molecular complexity index is 324. The fraction of sp³-hybridized carbons (Fsp3) is 0.750. The molecule has 0 bridgehead atoms. The van der Waals surface area contributed by atoms with E-state index < -0.39 is 0 Å². The molecule has 2 N–H and O–H groups in total. The molecule has 1 aromatic rings. The lowest BCUT2D eigenvalue weighted by Gasteiger charge is -2.27. The molecule has 0 saturated carbocycles. The molecule has 0 aromatic carbocycles. The molecule has 1 aliphatic heterocycles. The monoisotopic (exact) mass is 223 g/mol. The number of oxazole rings is 1. The fourth-order valence-corrected chi connectivity index (χ4v) is 2.28. The van der Waals surface area contributed by atoms with Gasteiger partial charge in [-0.3, -0.25) is 0 Å². The first kappa shape index (κ1) is 11.6. The van der Waals surface area contributed by atoms with Gasteiger partial charge in [0.05, 0.1) is 5.69 Å². The van der Waals surface area contributed by atoms with Crippen LogP contribution in [0, 0.1) is 0 Å². The van der Waals surface area contributed by atoms with E-state index in [4.69, 9.17) is 10.2 Å². The van der Waals surface area contributed by atoms with Crippen molar-refractivity contribution in [3.05, 3.63) is 17.8 Å². The largest absolute Gasteiger partial charge is 0.448 e. The molecule has 1 aromatic heterocycles. The van der Waals surface area contributed by atoms with Crippen LogP contribution in [0.3, 0.4) is 0 Å². The zero-order valence-corrected chi connectivity index (χ0v) is 9.98. The Hall–Kier alpha value is -0.870. The van der Waals surface area contributed by atoms with Crippen LogP contribution < -0.4 is 5.73 Å². The van der Waals surface area contributed by atoms with E-state index in [-0.39, 0.29) is 0 Å². The zero-order chi connectivity index (χ0) is 11.4. The molecule has 4 nitrogen and oxygen atoms in total. The van der Waals surface area contributed by atoms with Crippen LogP contribution in [0.4, 0.5) is 0 Å². The van der Waals surface area contributed by atoms with Crippen molar-refractivity contribution in [1.82, 2.24) is 9.88 Å². The first-order valence-electron chi connectivity index (χ1n) is 6.12. The summed E-state index contributed by atoms with van der Waals surface area (Å²) in [6, 6.07) is 0. The van der Waals surface area contributed by atoms with Crippen LogP contribution in [-0.2, 0) is 6.42 Å². The van der Waals surface area contributed by atoms with Gasteiger partial charge in [0.1, 0.15) is 6.26 Å². The average Bonchev–Trinajstić information content (AvgIpc) is 2.75. The van der Waals surface area contributed by atoms with Crippen LogP contribution in [0.2, 0.25) is 0 Å². The van der Waals surface area contributed by atoms with Gasteiger partial charge in [-0.2, -0.15) is 0 Å². The van der Waals surface area contributed by atoms with Gasteiger partial charge in [-0.05, 0) is 45.8 Å². The lowest BCUT2D eigenvalue weighted by atomic mass is 9.98.